The Labute approximate surface area is 119 Å². The van der Waals surface area contributed by atoms with Crippen molar-refractivity contribution in [3.63, 3.8) is 0 Å². The zero-order chi connectivity index (χ0) is 15.5. The van der Waals surface area contributed by atoms with Crippen molar-refractivity contribution in [2.45, 2.75) is 39.2 Å². The number of methoxy groups -OCH3 is 1. The molecule has 5 nitrogen and oxygen atoms in total. The van der Waals surface area contributed by atoms with Gasteiger partial charge in [0.25, 0.3) is 0 Å². The second-order valence-electron chi connectivity index (χ2n) is 5.52. The van der Waals surface area contributed by atoms with Gasteiger partial charge in [-0.1, -0.05) is 20.8 Å². The molecular weight excluding hydrogens is 260 g/mol. The van der Waals surface area contributed by atoms with Crippen LogP contribution >= 0.6 is 0 Å². The lowest BCUT2D eigenvalue weighted by atomic mass is 9.85. The van der Waals surface area contributed by atoms with Crippen molar-refractivity contribution in [3.05, 3.63) is 23.3 Å². The second kappa shape index (κ2) is 6.13. The van der Waals surface area contributed by atoms with Crippen molar-refractivity contribution in [2.75, 3.05) is 13.7 Å². The Morgan fingerprint density at radius 1 is 1.35 bits per heavy atom. The van der Waals surface area contributed by atoms with Crippen LogP contribution in [0.2, 0.25) is 0 Å². The van der Waals surface area contributed by atoms with Crippen LogP contribution in [0.3, 0.4) is 0 Å². The molecule has 0 aliphatic carbocycles. The van der Waals surface area contributed by atoms with Crippen molar-refractivity contribution in [3.8, 4) is 11.5 Å². The molecular formula is C15H22O5. The minimum Gasteiger partial charge on any atom is -0.508 e. The van der Waals surface area contributed by atoms with E-state index in [2.05, 4.69) is 0 Å². The molecule has 0 saturated carbocycles. The van der Waals surface area contributed by atoms with E-state index >= 15 is 0 Å². The monoisotopic (exact) mass is 282 g/mol. The van der Waals surface area contributed by atoms with E-state index in [1.54, 1.807) is 13.0 Å². The zero-order valence-electron chi connectivity index (χ0n) is 12.6. The first-order valence-corrected chi connectivity index (χ1v) is 6.48. The number of ether oxygens (including phenoxy) is 2. The zero-order valence-corrected chi connectivity index (χ0v) is 12.6. The smallest absolute Gasteiger partial charge is 0.339 e. The summed E-state index contributed by atoms with van der Waals surface area (Å²) in [6.07, 6.45) is -1.48. The SMILES string of the molecule is CCOC(=O)C(O)c1cc(O)c(C(C)(C)C)cc1OC. The van der Waals surface area contributed by atoms with Crippen molar-refractivity contribution in [1.29, 1.82) is 0 Å². The molecule has 0 heterocycles. The van der Waals surface area contributed by atoms with Gasteiger partial charge < -0.3 is 19.7 Å². The van der Waals surface area contributed by atoms with Crippen molar-refractivity contribution in [1.82, 2.24) is 0 Å². The Morgan fingerprint density at radius 3 is 2.40 bits per heavy atom. The van der Waals surface area contributed by atoms with Crippen LogP contribution in [0.15, 0.2) is 12.1 Å². The van der Waals surface area contributed by atoms with E-state index in [0.29, 0.717) is 11.3 Å². The first kappa shape index (κ1) is 16.3. The summed E-state index contributed by atoms with van der Waals surface area (Å²) in [5, 5.41) is 20.1. The lowest BCUT2D eigenvalue weighted by molar-refractivity contribution is -0.153. The molecule has 1 atom stereocenters. The number of aliphatic hydroxyl groups is 1. The highest BCUT2D eigenvalue weighted by Gasteiger charge is 2.27. The molecule has 1 unspecified atom stereocenters. The van der Waals surface area contributed by atoms with Crippen LogP contribution in [0.25, 0.3) is 0 Å². The normalized spacial score (nSPS) is 12.9. The molecule has 0 radical (unpaired) electrons. The average molecular weight is 282 g/mol. The fraction of sp³-hybridized carbons (Fsp3) is 0.533. The Balaban J connectivity index is 3.28. The van der Waals surface area contributed by atoms with Crippen molar-refractivity contribution < 1.29 is 24.5 Å². The van der Waals surface area contributed by atoms with Crippen LogP contribution in [0.4, 0.5) is 0 Å². The van der Waals surface area contributed by atoms with Crippen LogP contribution in [-0.4, -0.2) is 29.9 Å². The molecule has 1 aromatic carbocycles. The van der Waals surface area contributed by atoms with Crippen molar-refractivity contribution in [2.24, 2.45) is 0 Å². The van der Waals surface area contributed by atoms with Gasteiger partial charge in [-0.3, -0.25) is 0 Å². The van der Waals surface area contributed by atoms with Crippen molar-refractivity contribution >= 4 is 5.97 Å². The van der Waals surface area contributed by atoms with Crippen LogP contribution in [0.1, 0.15) is 44.9 Å². The standard InChI is InChI=1S/C15H22O5/c1-6-20-14(18)13(17)9-7-11(16)10(15(2,3)4)8-12(9)19-5/h7-8,13,16-17H,6H2,1-5H3. The number of hydrogen-bond acceptors (Lipinski definition) is 5. The van der Waals surface area contributed by atoms with Crippen LogP contribution in [-0.2, 0) is 14.9 Å². The summed E-state index contributed by atoms with van der Waals surface area (Å²) in [4.78, 5) is 11.6. The quantitative estimate of drug-likeness (QED) is 0.829. The molecule has 112 valence electrons. The van der Waals surface area contributed by atoms with Gasteiger partial charge in [-0.05, 0) is 24.5 Å². The molecule has 20 heavy (non-hydrogen) atoms. The van der Waals surface area contributed by atoms with Gasteiger partial charge in [-0.25, -0.2) is 4.79 Å². The number of aromatic hydroxyl groups is 1. The van der Waals surface area contributed by atoms with Gasteiger partial charge in [0.1, 0.15) is 11.5 Å². The maximum atomic E-state index is 11.6. The lowest BCUT2D eigenvalue weighted by Gasteiger charge is -2.23. The fourth-order valence-electron chi connectivity index (χ4n) is 1.92. The van der Waals surface area contributed by atoms with E-state index in [1.165, 1.54) is 13.2 Å². The Bertz CT molecular complexity index is 488. The molecule has 5 heteroatoms. The first-order valence-electron chi connectivity index (χ1n) is 6.48. The predicted molar refractivity (Wildman–Crippen MR) is 75.0 cm³/mol. The van der Waals surface area contributed by atoms with E-state index in [-0.39, 0.29) is 23.3 Å². The Hall–Kier alpha value is -1.75. The van der Waals surface area contributed by atoms with Gasteiger partial charge in [0.15, 0.2) is 6.10 Å². The second-order valence-corrected chi connectivity index (χ2v) is 5.52. The van der Waals surface area contributed by atoms with Crippen LogP contribution in [0, 0.1) is 0 Å². The van der Waals surface area contributed by atoms with Gasteiger partial charge in [0.2, 0.25) is 0 Å². The van der Waals surface area contributed by atoms with E-state index in [4.69, 9.17) is 9.47 Å². The summed E-state index contributed by atoms with van der Waals surface area (Å²) in [5.41, 5.74) is 0.579. The van der Waals surface area contributed by atoms with Gasteiger partial charge in [0.05, 0.1) is 13.7 Å². The minimum absolute atomic E-state index is 0.0108. The molecule has 0 spiro atoms. The molecule has 0 fully saturated rings. The molecule has 0 aliphatic rings. The summed E-state index contributed by atoms with van der Waals surface area (Å²) < 4.78 is 9.98. The summed E-state index contributed by atoms with van der Waals surface area (Å²) in [6.45, 7) is 7.67. The molecule has 0 aromatic heterocycles. The Morgan fingerprint density at radius 2 is 1.95 bits per heavy atom. The summed E-state index contributed by atoms with van der Waals surface area (Å²) in [6, 6.07) is 2.98. The van der Waals surface area contributed by atoms with E-state index < -0.39 is 12.1 Å². The number of hydrogen-bond donors (Lipinski definition) is 2. The van der Waals surface area contributed by atoms with E-state index in [9.17, 15) is 15.0 Å². The summed E-state index contributed by atoms with van der Waals surface area (Å²) >= 11 is 0. The highest BCUT2D eigenvalue weighted by Crippen LogP contribution is 2.38. The summed E-state index contributed by atoms with van der Waals surface area (Å²) in [5.74, 6) is -0.418. The molecule has 1 rings (SSSR count). The van der Waals surface area contributed by atoms with Gasteiger partial charge in [-0.2, -0.15) is 0 Å². The molecule has 2 N–H and O–H groups in total. The predicted octanol–water partition coefficient (Wildman–Crippen LogP) is 2.29. The maximum Gasteiger partial charge on any atom is 0.339 e. The number of rotatable bonds is 4. The Kier molecular flexibility index (Phi) is 5.00. The fourth-order valence-corrected chi connectivity index (χ4v) is 1.92. The van der Waals surface area contributed by atoms with E-state index in [0.717, 1.165) is 0 Å². The van der Waals surface area contributed by atoms with Gasteiger partial charge in [-0.15, -0.1) is 0 Å². The average Bonchev–Trinajstić information content (AvgIpc) is 2.36. The van der Waals surface area contributed by atoms with Crippen LogP contribution < -0.4 is 4.74 Å². The molecule has 0 aliphatic heterocycles. The molecule has 1 aromatic rings. The number of phenols is 1. The van der Waals surface area contributed by atoms with E-state index in [1.807, 2.05) is 20.8 Å². The molecule has 0 amide bonds. The summed E-state index contributed by atoms with van der Waals surface area (Å²) in [7, 11) is 1.44. The largest absolute Gasteiger partial charge is 0.508 e. The van der Waals surface area contributed by atoms with Gasteiger partial charge in [0, 0.05) is 11.1 Å². The maximum absolute atomic E-state index is 11.6. The highest BCUT2D eigenvalue weighted by atomic mass is 16.5. The molecule has 0 saturated heterocycles. The third-order valence-corrected chi connectivity index (χ3v) is 2.96. The third kappa shape index (κ3) is 3.42. The number of carbonyl (C=O) groups excluding carboxylic acids is 1. The highest BCUT2D eigenvalue weighted by molar-refractivity contribution is 5.77. The third-order valence-electron chi connectivity index (χ3n) is 2.96. The lowest BCUT2D eigenvalue weighted by Crippen LogP contribution is -2.17. The first-order chi connectivity index (χ1) is 9.22. The number of esters is 1. The number of phenolic OH excluding ortho intramolecular Hbond substituents is 1. The number of aliphatic hydroxyl groups excluding tert-OH is 1. The number of carbonyl (C=O) groups is 1. The van der Waals surface area contributed by atoms with Gasteiger partial charge >= 0.3 is 5.97 Å². The minimum atomic E-state index is -1.48. The number of benzene rings is 1. The topological polar surface area (TPSA) is 76.0 Å². The molecule has 0 bridgehead atoms. The van der Waals surface area contributed by atoms with Crippen LogP contribution in [0.5, 0.6) is 11.5 Å².